The number of esters is 1. The minimum absolute atomic E-state index is 0.356. The molecule has 0 spiro atoms. The first kappa shape index (κ1) is 16.3. The Balaban J connectivity index is 1.58. The highest BCUT2D eigenvalue weighted by Gasteiger charge is 2.24. The third-order valence-electron chi connectivity index (χ3n) is 4.33. The number of carbonyl (C=O) groups is 1. The van der Waals surface area contributed by atoms with Gasteiger partial charge in [0.05, 0.1) is 36.3 Å². The van der Waals surface area contributed by atoms with Crippen molar-refractivity contribution in [2.24, 2.45) is 0 Å². The van der Waals surface area contributed by atoms with E-state index >= 15 is 0 Å². The molecule has 7 nitrogen and oxygen atoms in total. The Morgan fingerprint density at radius 3 is 2.69 bits per heavy atom. The molecule has 1 fully saturated rings. The molecule has 0 amide bonds. The van der Waals surface area contributed by atoms with Gasteiger partial charge in [-0.1, -0.05) is 12.1 Å². The number of rotatable bonds is 5. The van der Waals surface area contributed by atoms with Crippen molar-refractivity contribution in [3.05, 3.63) is 54.0 Å². The van der Waals surface area contributed by atoms with Crippen LogP contribution in [-0.2, 0) is 4.74 Å². The van der Waals surface area contributed by atoms with Crippen molar-refractivity contribution < 1.29 is 9.53 Å². The summed E-state index contributed by atoms with van der Waals surface area (Å²) >= 11 is 0. The summed E-state index contributed by atoms with van der Waals surface area (Å²) in [5, 5.41) is 7.57. The molecule has 0 atom stereocenters. The molecule has 2 heterocycles. The maximum absolute atomic E-state index is 11.6. The second-order valence-electron chi connectivity index (χ2n) is 6.36. The standard InChI is InChI=1S/C19H19N5O2/c1-12-9-20-19(22-15-10-21-24(11-15)16-7-8-16)23-17(12)13-3-5-14(6-4-13)18(25)26-2/h3-6,9-11,16H,7-8H2,1-2H3,(H,20,22,23). The molecule has 2 aromatic heterocycles. The van der Waals surface area contributed by atoms with Gasteiger partial charge in [-0.25, -0.2) is 14.8 Å². The number of aryl methyl sites for hydroxylation is 1. The van der Waals surface area contributed by atoms with E-state index < -0.39 is 0 Å². The predicted octanol–water partition coefficient (Wildman–Crippen LogP) is 3.51. The molecule has 132 valence electrons. The number of hydrogen-bond acceptors (Lipinski definition) is 6. The van der Waals surface area contributed by atoms with E-state index in [-0.39, 0.29) is 5.97 Å². The van der Waals surface area contributed by atoms with Crippen LogP contribution in [0.1, 0.15) is 34.8 Å². The quantitative estimate of drug-likeness (QED) is 0.710. The van der Waals surface area contributed by atoms with Crippen molar-refractivity contribution in [3.8, 4) is 11.3 Å². The Morgan fingerprint density at radius 2 is 2.00 bits per heavy atom. The first-order chi connectivity index (χ1) is 12.6. The molecule has 1 saturated carbocycles. The molecule has 1 aliphatic rings. The van der Waals surface area contributed by atoms with E-state index in [2.05, 4.69) is 20.4 Å². The minimum Gasteiger partial charge on any atom is -0.465 e. The molecule has 26 heavy (non-hydrogen) atoms. The fraction of sp³-hybridized carbons (Fsp3) is 0.263. The van der Waals surface area contributed by atoms with Gasteiger partial charge in [0.15, 0.2) is 0 Å². The van der Waals surface area contributed by atoms with Gasteiger partial charge in [0, 0.05) is 18.0 Å². The Hall–Kier alpha value is -3.22. The number of benzene rings is 1. The number of hydrogen-bond donors (Lipinski definition) is 1. The summed E-state index contributed by atoms with van der Waals surface area (Å²) in [7, 11) is 1.37. The average molecular weight is 349 g/mol. The monoisotopic (exact) mass is 349 g/mol. The Labute approximate surface area is 151 Å². The van der Waals surface area contributed by atoms with Gasteiger partial charge in [0.25, 0.3) is 0 Å². The van der Waals surface area contributed by atoms with Gasteiger partial charge in [0.2, 0.25) is 5.95 Å². The molecule has 0 bridgehead atoms. The maximum Gasteiger partial charge on any atom is 0.337 e. The van der Waals surface area contributed by atoms with Crippen molar-refractivity contribution in [2.75, 3.05) is 12.4 Å². The molecule has 7 heteroatoms. The molecule has 1 aromatic carbocycles. The number of ether oxygens (including phenoxy) is 1. The lowest BCUT2D eigenvalue weighted by molar-refractivity contribution is 0.0601. The SMILES string of the molecule is COC(=O)c1ccc(-c2nc(Nc3cnn(C4CC4)c3)ncc2C)cc1. The summed E-state index contributed by atoms with van der Waals surface area (Å²) in [5.74, 6) is 0.156. The van der Waals surface area contributed by atoms with Crippen LogP contribution in [0.3, 0.4) is 0 Å². The van der Waals surface area contributed by atoms with Gasteiger partial charge < -0.3 is 10.1 Å². The second-order valence-corrected chi connectivity index (χ2v) is 6.36. The van der Waals surface area contributed by atoms with Crippen LogP contribution in [-0.4, -0.2) is 32.8 Å². The molecule has 0 unspecified atom stereocenters. The van der Waals surface area contributed by atoms with Gasteiger partial charge in [0.1, 0.15) is 0 Å². The van der Waals surface area contributed by atoms with E-state index in [1.54, 1.807) is 24.5 Å². The average Bonchev–Trinajstić information content (AvgIpc) is 3.42. The number of carbonyl (C=O) groups excluding carboxylic acids is 1. The summed E-state index contributed by atoms with van der Waals surface area (Å²) < 4.78 is 6.71. The lowest BCUT2D eigenvalue weighted by atomic mass is 10.1. The summed E-state index contributed by atoms with van der Waals surface area (Å²) in [6.07, 6.45) is 7.92. The highest BCUT2D eigenvalue weighted by atomic mass is 16.5. The number of nitrogens with zero attached hydrogens (tertiary/aromatic N) is 4. The zero-order valence-corrected chi connectivity index (χ0v) is 14.6. The minimum atomic E-state index is -0.356. The van der Waals surface area contributed by atoms with Gasteiger partial charge in [-0.2, -0.15) is 5.10 Å². The molecule has 4 rings (SSSR count). The van der Waals surface area contributed by atoms with Crippen LogP contribution in [0, 0.1) is 6.92 Å². The Bertz CT molecular complexity index is 945. The van der Waals surface area contributed by atoms with Crippen molar-refractivity contribution in [1.29, 1.82) is 0 Å². The lowest BCUT2D eigenvalue weighted by Crippen LogP contribution is -2.02. The van der Waals surface area contributed by atoms with Crippen LogP contribution in [0.5, 0.6) is 0 Å². The van der Waals surface area contributed by atoms with Crippen LogP contribution in [0.2, 0.25) is 0 Å². The molecular formula is C19H19N5O2. The van der Waals surface area contributed by atoms with E-state index in [9.17, 15) is 4.79 Å². The highest BCUT2D eigenvalue weighted by molar-refractivity contribution is 5.89. The van der Waals surface area contributed by atoms with Crippen LogP contribution in [0.25, 0.3) is 11.3 Å². The fourth-order valence-corrected chi connectivity index (χ4v) is 2.75. The number of aromatic nitrogens is 4. The summed E-state index contributed by atoms with van der Waals surface area (Å²) in [6, 6.07) is 7.71. The summed E-state index contributed by atoms with van der Waals surface area (Å²) in [6.45, 7) is 1.96. The highest BCUT2D eigenvalue weighted by Crippen LogP contribution is 2.34. The van der Waals surface area contributed by atoms with E-state index in [0.717, 1.165) is 22.5 Å². The molecule has 0 radical (unpaired) electrons. The number of nitrogens with one attached hydrogen (secondary N) is 1. The van der Waals surface area contributed by atoms with Crippen molar-refractivity contribution in [3.63, 3.8) is 0 Å². The van der Waals surface area contributed by atoms with E-state index in [1.807, 2.05) is 29.9 Å². The molecular weight excluding hydrogens is 330 g/mol. The van der Waals surface area contributed by atoms with Gasteiger partial charge in [-0.05, 0) is 37.5 Å². The Morgan fingerprint density at radius 1 is 1.23 bits per heavy atom. The molecule has 1 N–H and O–H groups in total. The largest absolute Gasteiger partial charge is 0.465 e. The maximum atomic E-state index is 11.6. The van der Waals surface area contributed by atoms with Gasteiger partial charge in [-0.3, -0.25) is 4.68 Å². The fourth-order valence-electron chi connectivity index (χ4n) is 2.75. The zero-order chi connectivity index (χ0) is 18.1. The van der Waals surface area contributed by atoms with Gasteiger partial charge in [-0.15, -0.1) is 0 Å². The number of anilines is 2. The topological polar surface area (TPSA) is 81.9 Å². The first-order valence-corrected chi connectivity index (χ1v) is 8.47. The molecule has 1 aliphatic carbocycles. The molecule has 0 saturated heterocycles. The van der Waals surface area contributed by atoms with Crippen LogP contribution >= 0.6 is 0 Å². The normalized spacial score (nSPS) is 13.5. The molecule has 0 aliphatic heterocycles. The smallest absolute Gasteiger partial charge is 0.337 e. The predicted molar refractivity (Wildman–Crippen MR) is 97.3 cm³/mol. The lowest BCUT2D eigenvalue weighted by Gasteiger charge is -2.09. The Kier molecular flexibility index (Phi) is 4.12. The third-order valence-corrected chi connectivity index (χ3v) is 4.33. The van der Waals surface area contributed by atoms with Crippen molar-refractivity contribution in [1.82, 2.24) is 19.7 Å². The third kappa shape index (κ3) is 3.28. The van der Waals surface area contributed by atoms with Crippen molar-refractivity contribution in [2.45, 2.75) is 25.8 Å². The summed E-state index contributed by atoms with van der Waals surface area (Å²) in [4.78, 5) is 20.6. The van der Waals surface area contributed by atoms with E-state index in [4.69, 9.17) is 4.74 Å². The second kappa shape index (κ2) is 6.59. The molecule has 3 aromatic rings. The van der Waals surface area contributed by atoms with Crippen molar-refractivity contribution >= 4 is 17.6 Å². The summed E-state index contributed by atoms with van der Waals surface area (Å²) in [5.41, 5.74) is 4.05. The van der Waals surface area contributed by atoms with E-state index in [1.165, 1.54) is 20.0 Å². The van der Waals surface area contributed by atoms with Gasteiger partial charge >= 0.3 is 5.97 Å². The van der Waals surface area contributed by atoms with Crippen LogP contribution in [0.4, 0.5) is 11.6 Å². The zero-order valence-electron chi connectivity index (χ0n) is 14.6. The first-order valence-electron chi connectivity index (χ1n) is 8.47. The number of methoxy groups -OCH3 is 1. The van der Waals surface area contributed by atoms with E-state index in [0.29, 0.717) is 17.6 Å². The van der Waals surface area contributed by atoms with Crippen LogP contribution in [0.15, 0.2) is 42.9 Å². The van der Waals surface area contributed by atoms with Crippen LogP contribution < -0.4 is 5.32 Å².